The lowest BCUT2D eigenvalue weighted by Crippen LogP contribution is -1.95. The van der Waals surface area contributed by atoms with Crippen LogP contribution in [0.25, 0.3) is 10.9 Å². The highest BCUT2D eigenvalue weighted by Crippen LogP contribution is 2.35. The van der Waals surface area contributed by atoms with Crippen LogP contribution >= 0.6 is 0 Å². The van der Waals surface area contributed by atoms with E-state index in [0.717, 1.165) is 16.6 Å². The van der Waals surface area contributed by atoms with Crippen molar-refractivity contribution in [3.8, 4) is 11.5 Å². The van der Waals surface area contributed by atoms with Gasteiger partial charge in [-0.25, -0.2) is 4.98 Å². The number of hydrogen-bond donors (Lipinski definition) is 0. The van der Waals surface area contributed by atoms with E-state index in [-0.39, 0.29) is 0 Å². The Labute approximate surface area is 95.0 Å². The maximum absolute atomic E-state index is 5.37. The number of rotatable bonds is 2. The molecule has 0 amide bonds. The minimum Gasteiger partial charge on any atom is -0.493 e. The lowest BCUT2D eigenvalue weighted by molar-refractivity contribution is 0.358. The molecule has 0 aliphatic carbocycles. The molecule has 16 heavy (non-hydrogen) atoms. The van der Waals surface area contributed by atoms with Crippen LogP contribution in [0.2, 0.25) is 0 Å². The van der Waals surface area contributed by atoms with E-state index in [9.17, 15) is 0 Å². The quantitative estimate of drug-likeness (QED) is 0.775. The van der Waals surface area contributed by atoms with Gasteiger partial charge >= 0.3 is 0 Å². The predicted octanol–water partition coefficient (Wildman–Crippen LogP) is 2.87. The van der Waals surface area contributed by atoms with Gasteiger partial charge in [-0.3, -0.25) is 0 Å². The molecule has 0 atom stereocenters. The van der Waals surface area contributed by atoms with Crippen LogP contribution in [0.15, 0.2) is 18.2 Å². The average Bonchev–Trinajstić information content (AvgIpc) is 2.27. The summed E-state index contributed by atoms with van der Waals surface area (Å²) < 4.78 is 10.6. The van der Waals surface area contributed by atoms with Gasteiger partial charge in [0.05, 0.1) is 14.2 Å². The van der Waals surface area contributed by atoms with Crippen molar-refractivity contribution in [3.63, 3.8) is 0 Å². The number of pyridine rings is 1. The highest BCUT2D eigenvalue weighted by molar-refractivity contribution is 5.89. The smallest absolute Gasteiger partial charge is 0.187 e. The minimum absolute atomic E-state index is 0.701. The SMILES string of the molecule is COc1ccc2c(C)cc(C)nc2c1OC. The molecule has 3 nitrogen and oxygen atoms in total. The summed E-state index contributed by atoms with van der Waals surface area (Å²) in [5.41, 5.74) is 3.04. The first-order valence-corrected chi connectivity index (χ1v) is 5.16. The van der Waals surface area contributed by atoms with E-state index in [4.69, 9.17) is 9.47 Å². The molecule has 2 rings (SSSR count). The van der Waals surface area contributed by atoms with E-state index in [1.807, 2.05) is 19.1 Å². The van der Waals surface area contributed by atoms with Crippen LogP contribution in [0.4, 0.5) is 0 Å². The van der Waals surface area contributed by atoms with Crippen LogP contribution < -0.4 is 9.47 Å². The Balaban J connectivity index is 2.86. The zero-order valence-corrected chi connectivity index (χ0v) is 10.00. The minimum atomic E-state index is 0.701. The molecule has 1 aromatic heterocycles. The lowest BCUT2D eigenvalue weighted by atomic mass is 10.1. The molecule has 0 N–H and O–H groups in total. The van der Waals surface area contributed by atoms with Crippen LogP contribution in [0.1, 0.15) is 11.3 Å². The number of aromatic nitrogens is 1. The van der Waals surface area contributed by atoms with Crippen LogP contribution in [0, 0.1) is 13.8 Å². The van der Waals surface area contributed by atoms with Crippen molar-refractivity contribution in [1.29, 1.82) is 0 Å². The van der Waals surface area contributed by atoms with E-state index in [1.54, 1.807) is 14.2 Å². The molecule has 0 aliphatic heterocycles. The highest BCUT2D eigenvalue weighted by atomic mass is 16.5. The van der Waals surface area contributed by atoms with Gasteiger partial charge in [0.15, 0.2) is 11.5 Å². The summed E-state index contributed by atoms with van der Waals surface area (Å²) in [6.07, 6.45) is 0. The maximum atomic E-state index is 5.37. The van der Waals surface area contributed by atoms with Gasteiger partial charge in [-0.2, -0.15) is 0 Å². The molecule has 0 radical (unpaired) electrons. The number of hydrogen-bond acceptors (Lipinski definition) is 3. The Morgan fingerprint density at radius 2 is 1.81 bits per heavy atom. The average molecular weight is 217 g/mol. The largest absolute Gasteiger partial charge is 0.493 e. The first-order chi connectivity index (χ1) is 7.67. The summed E-state index contributed by atoms with van der Waals surface area (Å²) in [7, 11) is 3.27. The Hall–Kier alpha value is -1.77. The highest BCUT2D eigenvalue weighted by Gasteiger charge is 2.11. The van der Waals surface area contributed by atoms with Crippen molar-refractivity contribution in [2.45, 2.75) is 13.8 Å². The van der Waals surface area contributed by atoms with Crippen molar-refractivity contribution in [3.05, 3.63) is 29.5 Å². The molecule has 0 spiro atoms. The third-order valence-electron chi connectivity index (χ3n) is 2.66. The van der Waals surface area contributed by atoms with Gasteiger partial charge in [0.25, 0.3) is 0 Å². The first-order valence-electron chi connectivity index (χ1n) is 5.16. The van der Waals surface area contributed by atoms with Gasteiger partial charge in [0.1, 0.15) is 5.52 Å². The number of nitrogens with zero attached hydrogens (tertiary/aromatic N) is 1. The second-order valence-electron chi connectivity index (χ2n) is 3.78. The van der Waals surface area contributed by atoms with E-state index in [1.165, 1.54) is 5.56 Å². The molecule has 0 bridgehead atoms. The van der Waals surface area contributed by atoms with Crippen LogP contribution in [0.5, 0.6) is 11.5 Å². The molecule has 1 heterocycles. The Morgan fingerprint density at radius 1 is 1.06 bits per heavy atom. The van der Waals surface area contributed by atoms with Crippen molar-refractivity contribution < 1.29 is 9.47 Å². The van der Waals surface area contributed by atoms with Crippen molar-refractivity contribution >= 4 is 10.9 Å². The Bertz CT molecular complexity index is 535. The predicted molar refractivity (Wildman–Crippen MR) is 64.3 cm³/mol. The molecule has 0 aliphatic rings. The van der Waals surface area contributed by atoms with Gasteiger partial charge in [-0.1, -0.05) is 0 Å². The van der Waals surface area contributed by atoms with E-state index in [2.05, 4.69) is 18.0 Å². The standard InChI is InChI=1S/C13H15NO2/c1-8-7-9(2)14-12-10(8)5-6-11(15-3)13(12)16-4/h5-7H,1-4H3. The van der Waals surface area contributed by atoms with Crippen molar-refractivity contribution in [2.75, 3.05) is 14.2 Å². The zero-order valence-electron chi connectivity index (χ0n) is 10.00. The molecule has 3 heteroatoms. The monoisotopic (exact) mass is 217 g/mol. The molecule has 0 saturated heterocycles. The van der Waals surface area contributed by atoms with Crippen LogP contribution in [0.3, 0.4) is 0 Å². The molecule has 0 fully saturated rings. The molecule has 84 valence electrons. The summed E-state index contributed by atoms with van der Waals surface area (Å²) >= 11 is 0. The van der Waals surface area contributed by atoms with Gasteiger partial charge in [-0.05, 0) is 37.6 Å². The zero-order chi connectivity index (χ0) is 11.7. The fourth-order valence-electron chi connectivity index (χ4n) is 1.94. The van der Waals surface area contributed by atoms with Crippen molar-refractivity contribution in [2.24, 2.45) is 0 Å². The normalized spacial score (nSPS) is 10.5. The molecule has 2 aromatic rings. The summed E-state index contributed by atoms with van der Waals surface area (Å²) in [5.74, 6) is 1.42. The second kappa shape index (κ2) is 4.00. The summed E-state index contributed by atoms with van der Waals surface area (Å²) in [5, 5.41) is 1.10. The molecule has 0 unspecified atom stereocenters. The number of aryl methyl sites for hydroxylation is 2. The summed E-state index contributed by atoms with van der Waals surface area (Å²) in [6, 6.07) is 5.98. The maximum Gasteiger partial charge on any atom is 0.187 e. The van der Waals surface area contributed by atoms with E-state index in [0.29, 0.717) is 11.5 Å². The Kier molecular flexibility index (Phi) is 2.69. The Morgan fingerprint density at radius 3 is 2.44 bits per heavy atom. The molecule has 1 aromatic carbocycles. The summed E-state index contributed by atoms with van der Waals surface area (Å²) in [4.78, 5) is 4.51. The first kappa shape index (κ1) is 10.7. The van der Waals surface area contributed by atoms with Crippen molar-refractivity contribution in [1.82, 2.24) is 4.98 Å². The van der Waals surface area contributed by atoms with Gasteiger partial charge in [0, 0.05) is 11.1 Å². The number of ether oxygens (including phenoxy) is 2. The number of fused-ring (bicyclic) bond motifs is 1. The third-order valence-corrected chi connectivity index (χ3v) is 2.66. The van der Waals surface area contributed by atoms with Crippen LogP contribution in [-0.4, -0.2) is 19.2 Å². The molecular weight excluding hydrogens is 202 g/mol. The van der Waals surface area contributed by atoms with E-state index >= 15 is 0 Å². The topological polar surface area (TPSA) is 31.4 Å². The fourth-order valence-corrected chi connectivity index (χ4v) is 1.94. The second-order valence-corrected chi connectivity index (χ2v) is 3.78. The van der Waals surface area contributed by atoms with Crippen LogP contribution in [-0.2, 0) is 0 Å². The molecular formula is C13H15NO2. The van der Waals surface area contributed by atoms with Gasteiger partial charge < -0.3 is 9.47 Å². The molecule has 0 saturated carbocycles. The fraction of sp³-hybridized carbons (Fsp3) is 0.308. The van der Waals surface area contributed by atoms with Gasteiger partial charge in [-0.15, -0.1) is 0 Å². The number of methoxy groups -OCH3 is 2. The van der Waals surface area contributed by atoms with Gasteiger partial charge in [0.2, 0.25) is 0 Å². The van der Waals surface area contributed by atoms with E-state index < -0.39 is 0 Å². The number of benzene rings is 1. The third kappa shape index (κ3) is 1.58. The summed E-state index contributed by atoms with van der Waals surface area (Å²) in [6.45, 7) is 4.05. The lowest BCUT2D eigenvalue weighted by Gasteiger charge is -2.11.